The van der Waals surface area contributed by atoms with Crippen LogP contribution in [-0.4, -0.2) is 35.0 Å². The molecule has 25 heavy (non-hydrogen) atoms. The zero-order valence-corrected chi connectivity index (χ0v) is 16.3. The van der Waals surface area contributed by atoms with Crippen molar-refractivity contribution in [2.24, 2.45) is 28.6 Å². The zero-order valence-electron chi connectivity index (χ0n) is 16.3. The smallest absolute Gasteiger partial charge is 0.311 e. The first kappa shape index (κ1) is 18.9. The number of hydrogen-bond donors (Lipinski definition) is 2. The molecular weight excluding hydrogens is 316 g/mol. The monoisotopic (exact) mass is 350 g/mol. The number of hydrogen-bond acceptors (Lipinski definition) is 4. The Labute approximate surface area is 151 Å². The van der Waals surface area contributed by atoms with Crippen LogP contribution in [0.4, 0.5) is 0 Å². The molecule has 0 unspecified atom stereocenters. The Hall–Kier alpha value is -0.870. The lowest BCUT2D eigenvalue weighted by molar-refractivity contribution is -0.192. The van der Waals surface area contributed by atoms with Crippen molar-refractivity contribution in [2.75, 3.05) is 7.11 Å². The SMILES string of the molecule is COC(=O)[C@]1(C)CCC[C@@]2(C)[C@H]1CC[C@@]1(O)C=C(C(C)C)[C@@H](O)C[C@@H]21. The van der Waals surface area contributed by atoms with Gasteiger partial charge in [-0.1, -0.05) is 33.3 Å². The van der Waals surface area contributed by atoms with Crippen LogP contribution in [0.25, 0.3) is 0 Å². The summed E-state index contributed by atoms with van der Waals surface area (Å²) >= 11 is 0. The van der Waals surface area contributed by atoms with Crippen molar-refractivity contribution in [3.8, 4) is 0 Å². The first-order valence-electron chi connectivity index (χ1n) is 9.80. The summed E-state index contributed by atoms with van der Waals surface area (Å²) in [7, 11) is 1.47. The number of aliphatic hydroxyl groups excluding tert-OH is 1. The van der Waals surface area contributed by atoms with E-state index < -0.39 is 17.1 Å². The standard InChI is InChI=1S/C21H34O4/c1-13(2)14-12-21(24)10-7-16-19(3,17(21)11-15(14)22)8-6-9-20(16,4)18(23)25-5/h12-13,15-17,22,24H,6-11H2,1-5H3/t15-,16+,17-,19-,20+,21+/m0/s1. The van der Waals surface area contributed by atoms with E-state index in [2.05, 4.69) is 20.8 Å². The minimum absolute atomic E-state index is 0.0134. The van der Waals surface area contributed by atoms with Crippen molar-refractivity contribution in [2.45, 2.75) is 77.9 Å². The molecule has 4 nitrogen and oxygen atoms in total. The van der Waals surface area contributed by atoms with Gasteiger partial charge in [-0.25, -0.2) is 0 Å². The third kappa shape index (κ3) is 2.68. The molecule has 2 saturated carbocycles. The molecule has 142 valence electrons. The molecule has 6 atom stereocenters. The van der Waals surface area contributed by atoms with Crippen LogP contribution >= 0.6 is 0 Å². The van der Waals surface area contributed by atoms with Crippen LogP contribution in [0.1, 0.15) is 66.2 Å². The van der Waals surface area contributed by atoms with Gasteiger partial charge in [0.1, 0.15) is 0 Å². The van der Waals surface area contributed by atoms with Crippen molar-refractivity contribution in [3.05, 3.63) is 11.6 Å². The predicted octanol–water partition coefficient (Wildman–Crippen LogP) is 3.46. The van der Waals surface area contributed by atoms with Crippen LogP contribution in [0, 0.1) is 28.6 Å². The number of rotatable bonds is 2. The lowest BCUT2D eigenvalue weighted by atomic mass is 9.43. The van der Waals surface area contributed by atoms with Crippen LogP contribution in [0.3, 0.4) is 0 Å². The van der Waals surface area contributed by atoms with Crippen molar-refractivity contribution >= 4 is 5.97 Å². The number of methoxy groups -OCH3 is 1. The maximum atomic E-state index is 12.6. The summed E-state index contributed by atoms with van der Waals surface area (Å²) in [5.74, 6) is 0.286. The van der Waals surface area contributed by atoms with Gasteiger partial charge in [-0.15, -0.1) is 0 Å². The summed E-state index contributed by atoms with van der Waals surface area (Å²) in [5.41, 5.74) is -0.546. The van der Waals surface area contributed by atoms with Crippen LogP contribution in [-0.2, 0) is 9.53 Å². The molecule has 0 bridgehead atoms. The van der Waals surface area contributed by atoms with Crippen LogP contribution in [0.15, 0.2) is 11.6 Å². The molecule has 0 aromatic carbocycles. The highest BCUT2D eigenvalue weighted by molar-refractivity contribution is 5.77. The second-order valence-corrected chi connectivity index (χ2v) is 9.45. The molecule has 0 radical (unpaired) electrons. The summed E-state index contributed by atoms with van der Waals surface area (Å²) in [6.45, 7) is 8.41. The van der Waals surface area contributed by atoms with E-state index in [1.807, 2.05) is 13.0 Å². The average molecular weight is 350 g/mol. The Bertz CT molecular complexity index is 582. The minimum atomic E-state index is -0.863. The largest absolute Gasteiger partial charge is 0.469 e. The molecular formula is C21H34O4. The quantitative estimate of drug-likeness (QED) is 0.591. The summed E-state index contributed by atoms with van der Waals surface area (Å²) in [5, 5.41) is 22.2. The maximum Gasteiger partial charge on any atom is 0.311 e. The first-order chi connectivity index (χ1) is 11.6. The van der Waals surface area contributed by atoms with Crippen molar-refractivity contribution in [1.29, 1.82) is 0 Å². The molecule has 0 amide bonds. The molecule has 3 aliphatic rings. The van der Waals surface area contributed by atoms with Gasteiger partial charge in [0.25, 0.3) is 0 Å². The van der Waals surface area contributed by atoms with Crippen molar-refractivity contribution < 1.29 is 19.7 Å². The van der Waals surface area contributed by atoms with Crippen molar-refractivity contribution in [1.82, 2.24) is 0 Å². The van der Waals surface area contributed by atoms with E-state index in [1.165, 1.54) is 7.11 Å². The zero-order chi connectivity index (χ0) is 18.6. The van der Waals surface area contributed by atoms with E-state index in [-0.39, 0.29) is 29.1 Å². The number of aliphatic hydroxyl groups is 2. The fourth-order valence-electron chi connectivity index (χ4n) is 6.52. The van der Waals surface area contributed by atoms with Crippen LogP contribution in [0.5, 0.6) is 0 Å². The van der Waals surface area contributed by atoms with Gasteiger partial charge in [0.2, 0.25) is 0 Å². The summed E-state index contributed by atoms with van der Waals surface area (Å²) in [4.78, 5) is 12.6. The van der Waals surface area contributed by atoms with E-state index in [4.69, 9.17) is 4.74 Å². The van der Waals surface area contributed by atoms with Gasteiger partial charge in [0.15, 0.2) is 0 Å². The third-order valence-electron chi connectivity index (χ3n) is 7.79. The lowest BCUT2D eigenvalue weighted by Crippen LogP contribution is -2.62. The molecule has 0 spiro atoms. The molecule has 3 rings (SSSR count). The summed E-state index contributed by atoms with van der Waals surface area (Å²) in [6.07, 6.45) is 6.34. The maximum absolute atomic E-state index is 12.6. The topological polar surface area (TPSA) is 66.8 Å². The fourth-order valence-corrected chi connectivity index (χ4v) is 6.52. The van der Waals surface area contributed by atoms with E-state index in [9.17, 15) is 15.0 Å². The lowest BCUT2D eigenvalue weighted by Gasteiger charge is -2.62. The van der Waals surface area contributed by atoms with Gasteiger partial charge >= 0.3 is 5.97 Å². The Morgan fingerprint density at radius 1 is 1.24 bits per heavy atom. The van der Waals surface area contributed by atoms with Gasteiger partial charge in [0.05, 0.1) is 24.2 Å². The highest BCUT2D eigenvalue weighted by Crippen LogP contribution is 2.64. The Morgan fingerprint density at radius 2 is 1.92 bits per heavy atom. The second-order valence-electron chi connectivity index (χ2n) is 9.45. The number of fused-ring (bicyclic) bond motifs is 3. The van der Waals surface area contributed by atoms with Gasteiger partial charge in [-0.05, 0) is 67.8 Å². The summed E-state index contributed by atoms with van der Waals surface area (Å²) < 4.78 is 5.15. The molecule has 0 aromatic rings. The molecule has 0 aromatic heterocycles. The fraction of sp³-hybridized carbons (Fsp3) is 0.857. The Morgan fingerprint density at radius 3 is 2.52 bits per heavy atom. The Kier molecular flexibility index (Phi) is 4.61. The van der Waals surface area contributed by atoms with Gasteiger partial charge in [-0.2, -0.15) is 0 Å². The van der Waals surface area contributed by atoms with Crippen LogP contribution < -0.4 is 0 Å². The predicted molar refractivity (Wildman–Crippen MR) is 96.8 cm³/mol. The molecule has 2 fully saturated rings. The number of carbonyl (C=O) groups excluding carboxylic acids is 1. The molecule has 4 heteroatoms. The highest BCUT2D eigenvalue weighted by atomic mass is 16.5. The molecule has 2 N–H and O–H groups in total. The summed E-state index contributed by atoms with van der Waals surface area (Å²) in [6, 6.07) is 0. The van der Waals surface area contributed by atoms with E-state index in [0.29, 0.717) is 12.8 Å². The van der Waals surface area contributed by atoms with Crippen molar-refractivity contribution in [3.63, 3.8) is 0 Å². The normalized spacial score (nSPS) is 46.9. The van der Waals surface area contributed by atoms with Gasteiger partial charge < -0.3 is 14.9 Å². The average Bonchev–Trinajstić information content (AvgIpc) is 2.54. The van der Waals surface area contributed by atoms with E-state index in [1.54, 1.807) is 0 Å². The minimum Gasteiger partial charge on any atom is -0.469 e. The molecule has 0 saturated heterocycles. The van der Waals surface area contributed by atoms with Gasteiger partial charge in [-0.3, -0.25) is 4.79 Å². The highest BCUT2D eigenvalue weighted by Gasteiger charge is 2.63. The first-order valence-corrected chi connectivity index (χ1v) is 9.80. The van der Waals surface area contributed by atoms with E-state index >= 15 is 0 Å². The molecule has 0 heterocycles. The number of carbonyl (C=O) groups is 1. The van der Waals surface area contributed by atoms with Crippen LogP contribution in [0.2, 0.25) is 0 Å². The van der Waals surface area contributed by atoms with E-state index in [0.717, 1.165) is 31.3 Å². The molecule has 0 aliphatic heterocycles. The van der Waals surface area contributed by atoms with Gasteiger partial charge in [0, 0.05) is 0 Å². The second kappa shape index (κ2) is 6.09. The number of ether oxygens (including phenoxy) is 1. The number of esters is 1. The Balaban J connectivity index is 2.02. The molecule has 3 aliphatic carbocycles. The third-order valence-corrected chi connectivity index (χ3v) is 7.79.